The first-order valence-electron chi connectivity index (χ1n) is 24.0. The zero-order valence-electron chi connectivity index (χ0n) is 36.9. The summed E-state index contributed by atoms with van der Waals surface area (Å²) in [7, 11) is 0. The minimum absolute atomic E-state index is 0.350. The second kappa shape index (κ2) is 44.4. The van der Waals surface area contributed by atoms with Crippen molar-refractivity contribution in [1.29, 1.82) is 0 Å². The molecule has 0 saturated carbocycles. The molecule has 0 radical (unpaired) electrons. The van der Waals surface area contributed by atoms with E-state index < -0.39 is 36.9 Å². The number of carbonyl (C=O) groups is 1. The van der Waals surface area contributed by atoms with E-state index >= 15 is 0 Å². The van der Waals surface area contributed by atoms with Crippen molar-refractivity contribution in [3.63, 3.8) is 0 Å². The van der Waals surface area contributed by atoms with Crippen molar-refractivity contribution in [3.8, 4) is 0 Å². The number of nitrogens with one attached hydrogen (secondary N) is 1. The van der Waals surface area contributed by atoms with Gasteiger partial charge in [0.25, 0.3) is 0 Å². The molecule has 0 bridgehead atoms. The highest BCUT2D eigenvalue weighted by atomic mass is 16.3. The van der Waals surface area contributed by atoms with Gasteiger partial charge in [-0.3, -0.25) is 4.79 Å². The Morgan fingerprint density at radius 1 is 0.429 bits per heavy atom. The van der Waals surface area contributed by atoms with Gasteiger partial charge in [0.15, 0.2) is 0 Å². The van der Waals surface area contributed by atoms with E-state index in [1.54, 1.807) is 0 Å². The van der Waals surface area contributed by atoms with E-state index in [0.717, 1.165) is 64.2 Å². The molecular weight excluding hydrogens is 695 g/mol. The quantitative estimate of drug-likeness (QED) is 0.0312. The summed E-state index contributed by atoms with van der Waals surface area (Å²) < 4.78 is 0. The van der Waals surface area contributed by atoms with Crippen molar-refractivity contribution >= 4 is 5.91 Å². The van der Waals surface area contributed by atoms with Gasteiger partial charge in [-0.25, -0.2) is 0 Å². The Balaban J connectivity index is 3.80. The van der Waals surface area contributed by atoms with Crippen LogP contribution in [0.25, 0.3) is 0 Å². The molecule has 56 heavy (non-hydrogen) atoms. The fraction of sp³-hybridized carbons (Fsp3) is 0.820. The third-order valence-corrected chi connectivity index (χ3v) is 11.0. The molecule has 0 aromatic rings. The van der Waals surface area contributed by atoms with Gasteiger partial charge < -0.3 is 25.7 Å². The van der Waals surface area contributed by atoms with Crippen molar-refractivity contribution in [3.05, 3.63) is 48.6 Å². The number of unbranched alkanes of at least 4 members (excludes halogenated alkanes) is 26. The second-order valence-electron chi connectivity index (χ2n) is 16.4. The maximum absolute atomic E-state index is 12.5. The Bertz CT molecular complexity index is 930. The van der Waals surface area contributed by atoms with Crippen LogP contribution in [0.1, 0.15) is 232 Å². The number of allylic oxidation sites excluding steroid dienone is 8. The summed E-state index contributed by atoms with van der Waals surface area (Å²) in [5.41, 5.74) is 0. The van der Waals surface area contributed by atoms with Crippen LogP contribution in [0.2, 0.25) is 0 Å². The lowest BCUT2D eigenvalue weighted by atomic mass is 10.00. The average molecular weight is 788 g/mol. The number of hydrogen-bond acceptors (Lipinski definition) is 5. The van der Waals surface area contributed by atoms with E-state index in [2.05, 4.69) is 67.8 Å². The molecule has 4 unspecified atom stereocenters. The van der Waals surface area contributed by atoms with Crippen LogP contribution in [0, 0.1) is 0 Å². The molecule has 0 aromatic carbocycles. The van der Waals surface area contributed by atoms with Gasteiger partial charge in [-0.15, -0.1) is 0 Å². The predicted octanol–water partition coefficient (Wildman–Crippen LogP) is 13.1. The van der Waals surface area contributed by atoms with E-state index in [1.165, 1.54) is 135 Å². The van der Waals surface area contributed by atoms with Crippen molar-refractivity contribution < 1.29 is 25.2 Å². The van der Waals surface area contributed by atoms with E-state index in [-0.39, 0.29) is 0 Å². The third kappa shape index (κ3) is 37.8. The van der Waals surface area contributed by atoms with Crippen LogP contribution >= 0.6 is 0 Å². The topological polar surface area (TPSA) is 110 Å². The molecule has 0 aliphatic heterocycles. The summed E-state index contributed by atoms with van der Waals surface area (Å²) in [5, 5.41) is 43.7. The van der Waals surface area contributed by atoms with Gasteiger partial charge in [-0.2, -0.15) is 0 Å². The molecule has 6 heteroatoms. The molecule has 0 fully saturated rings. The van der Waals surface area contributed by atoms with E-state index in [0.29, 0.717) is 19.3 Å². The molecule has 1 amide bonds. The minimum Gasteiger partial charge on any atom is -0.394 e. The van der Waals surface area contributed by atoms with Crippen molar-refractivity contribution in [1.82, 2.24) is 5.32 Å². The van der Waals surface area contributed by atoms with Crippen LogP contribution in [0.4, 0.5) is 0 Å². The third-order valence-electron chi connectivity index (χ3n) is 11.0. The van der Waals surface area contributed by atoms with Crippen LogP contribution in [0.5, 0.6) is 0 Å². The minimum atomic E-state index is -1.30. The smallest absolute Gasteiger partial charge is 0.249 e. The van der Waals surface area contributed by atoms with E-state index in [1.807, 2.05) is 0 Å². The van der Waals surface area contributed by atoms with Crippen LogP contribution in [0.3, 0.4) is 0 Å². The lowest BCUT2D eigenvalue weighted by Gasteiger charge is -2.27. The maximum atomic E-state index is 12.5. The Hall–Kier alpha value is -1.73. The summed E-state index contributed by atoms with van der Waals surface area (Å²) in [6.45, 7) is 4.03. The Morgan fingerprint density at radius 2 is 0.750 bits per heavy atom. The van der Waals surface area contributed by atoms with Gasteiger partial charge in [-0.05, 0) is 89.9 Å². The zero-order valence-corrected chi connectivity index (χ0v) is 36.9. The largest absolute Gasteiger partial charge is 0.394 e. The molecule has 0 aromatic heterocycles. The molecule has 0 spiro atoms. The summed E-state index contributed by atoms with van der Waals surface area (Å²) in [6, 6.07) is -1.01. The van der Waals surface area contributed by atoms with Gasteiger partial charge >= 0.3 is 0 Å². The standard InChI is InChI=1S/C50H93NO5/c1-3-5-7-9-11-13-15-17-19-21-22-23-24-25-26-27-28-30-31-33-35-37-39-41-43-47(53)49(55)46(45-52)51-50(56)48(54)44-42-40-38-36-34-32-29-20-18-16-14-12-10-8-6-4-2/h18,20,24-25,28,30,35,37,46-49,52-55H,3-17,19,21-23,26-27,29,31-34,36,38-45H2,1-2H3,(H,51,56)/b20-18-,25-24+,30-28+,37-35+. The lowest BCUT2D eigenvalue weighted by Crippen LogP contribution is -2.53. The van der Waals surface area contributed by atoms with Crippen LogP contribution < -0.4 is 5.32 Å². The number of aliphatic hydroxyl groups is 4. The molecule has 5 N–H and O–H groups in total. The van der Waals surface area contributed by atoms with Crippen molar-refractivity contribution in [2.75, 3.05) is 6.61 Å². The summed E-state index contributed by atoms with van der Waals surface area (Å²) in [4.78, 5) is 12.5. The highest BCUT2D eigenvalue weighted by Crippen LogP contribution is 2.15. The fourth-order valence-corrected chi connectivity index (χ4v) is 7.14. The molecule has 0 saturated heterocycles. The SMILES string of the molecule is CCCCCCCC/C=C\CCCCCCCCC(O)C(=O)NC(CO)C(O)C(O)CCC/C=C/CC/C=C/CC/C=C/CCCCCCCCCCCCC. The number of carbonyl (C=O) groups excluding carboxylic acids is 1. The van der Waals surface area contributed by atoms with Crippen LogP contribution in [0.15, 0.2) is 48.6 Å². The van der Waals surface area contributed by atoms with Crippen molar-refractivity contribution in [2.45, 2.75) is 257 Å². The normalized spacial score (nSPS) is 14.5. The second-order valence-corrected chi connectivity index (χ2v) is 16.4. The van der Waals surface area contributed by atoms with Gasteiger partial charge in [0.2, 0.25) is 5.91 Å². The van der Waals surface area contributed by atoms with Gasteiger partial charge in [0, 0.05) is 0 Å². The molecule has 0 rings (SSSR count). The van der Waals surface area contributed by atoms with Crippen molar-refractivity contribution in [2.24, 2.45) is 0 Å². The number of amides is 1. The first kappa shape index (κ1) is 54.3. The molecule has 0 aliphatic carbocycles. The number of rotatable bonds is 43. The van der Waals surface area contributed by atoms with E-state index in [4.69, 9.17) is 0 Å². The monoisotopic (exact) mass is 788 g/mol. The summed E-state index contributed by atoms with van der Waals surface area (Å²) in [5.74, 6) is -0.605. The number of hydrogen-bond donors (Lipinski definition) is 5. The number of aliphatic hydroxyl groups excluding tert-OH is 4. The van der Waals surface area contributed by atoms with Crippen LogP contribution in [-0.2, 0) is 4.79 Å². The fourth-order valence-electron chi connectivity index (χ4n) is 7.14. The first-order valence-corrected chi connectivity index (χ1v) is 24.0. The van der Waals surface area contributed by atoms with E-state index in [9.17, 15) is 25.2 Å². The molecular formula is C50H93NO5. The first-order chi connectivity index (χ1) is 27.5. The Kier molecular flexibility index (Phi) is 43.0. The maximum Gasteiger partial charge on any atom is 0.249 e. The molecule has 0 aliphatic rings. The predicted molar refractivity (Wildman–Crippen MR) is 242 cm³/mol. The summed E-state index contributed by atoms with van der Waals surface area (Å²) in [6.07, 6.45) is 54.4. The molecule has 0 heterocycles. The summed E-state index contributed by atoms with van der Waals surface area (Å²) >= 11 is 0. The Morgan fingerprint density at radius 3 is 1.12 bits per heavy atom. The molecule has 6 nitrogen and oxygen atoms in total. The van der Waals surface area contributed by atoms with Gasteiger partial charge in [0.05, 0.1) is 18.8 Å². The van der Waals surface area contributed by atoms with Crippen LogP contribution in [-0.4, -0.2) is 57.3 Å². The van der Waals surface area contributed by atoms with Gasteiger partial charge in [0.1, 0.15) is 12.2 Å². The average Bonchev–Trinajstić information content (AvgIpc) is 3.20. The molecule has 4 atom stereocenters. The highest BCUT2D eigenvalue weighted by molar-refractivity contribution is 5.80. The molecule has 328 valence electrons. The highest BCUT2D eigenvalue weighted by Gasteiger charge is 2.28. The zero-order chi connectivity index (χ0) is 41.0. The lowest BCUT2D eigenvalue weighted by molar-refractivity contribution is -0.132. The Labute approximate surface area is 347 Å². The van der Waals surface area contributed by atoms with Gasteiger partial charge in [-0.1, -0.05) is 191 Å².